The SMILES string of the molecule is CCC(CC1CC1)NC(=O)[C@H]1CCCNC1. The number of piperidine rings is 1. The monoisotopic (exact) mass is 224 g/mol. The van der Waals surface area contributed by atoms with Crippen LogP contribution in [0.4, 0.5) is 0 Å². The second-order valence-corrected chi connectivity index (χ2v) is 5.34. The van der Waals surface area contributed by atoms with Crippen LogP contribution in [0, 0.1) is 11.8 Å². The van der Waals surface area contributed by atoms with Crippen molar-refractivity contribution in [2.24, 2.45) is 11.8 Å². The lowest BCUT2D eigenvalue weighted by molar-refractivity contribution is -0.126. The van der Waals surface area contributed by atoms with Gasteiger partial charge >= 0.3 is 0 Å². The summed E-state index contributed by atoms with van der Waals surface area (Å²) < 4.78 is 0. The Labute approximate surface area is 98.4 Å². The van der Waals surface area contributed by atoms with Gasteiger partial charge in [-0.05, 0) is 38.1 Å². The zero-order chi connectivity index (χ0) is 11.4. The Morgan fingerprint density at radius 2 is 2.25 bits per heavy atom. The second kappa shape index (κ2) is 5.67. The van der Waals surface area contributed by atoms with E-state index in [2.05, 4.69) is 17.6 Å². The van der Waals surface area contributed by atoms with E-state index >= 15 is 0 Å². The minimum atomic E-state index is 0.210. The van der Waals surface area contributed by atoms with Gasteiger partial charge in [0.05, 0.1) is 5.92 Å². The van der Waals surface area contributed by atoms with E-state index < -0.39 is 0 Å². The minimum Gasteiger partial charge on any atom is -0.353 e. The summed E-state index contributed by atoms with van der Waals surface area (Å²) in [5.41, 5.74) is 0. The van der Waals surface area contributed by atoms with Crippen molar-refractivity contribution in [3.8, 4) is 0 Å². The molecule has 1 saturated heterocycles. The lowest BCUT2D eigenvalue weighted by Crippen LogP contribution is -2.44. The first-order valence-corrected chi connectivity index (χ1v) is 6.80. The first kappa shape index (κ1) is 11.9. The number of carbonyl (C=O) groups is 1. The molecular weight excluding hydrogens is 200 g/mol. The van der Waals surface area contributed by atoms with Gasteiger partial charge in [0.1, 0.15) is 0 Å². The Bertz CT molecular complexity index is 232. The fourth-order valence-electron chi connectivity index (χ4n) is 2.48. The maximum atomic E-state index is 12.0. The van der Waals surface area contributed by atoms with Gasteiger partial charge in [0, 0.05) is 12.6 Å². The maximum Gasteiger partial charge on any atom is 0.224 e. The summed E-state index contributed by atoms with van der Waals surface area (Å²) in [6.45, 7) is 4.11. The summed E-state index contributed by atoms with van der Waals surface area (Å²) in [5.74, 6) is 1.39. The molecule has 2 atom stereocenters. The number of hydrogen-bond donors (Lipinski definition) is 2. The lowest BCUT2D eigenvalue weighted by Gasteiger charge is -2.25. The predicted molar refractivity (Wildman–Crippen MR) is 65.2 cm³/mol. The highest BCUT2D eigenvalue weighted by Gasteiger charge is 2.27. The van der Waals surface area contributed by atoms with E-state index in [9.17, 15) is 4.79 Å². The number of carbonyl (C=O) groups excluding carboxylic acids is 1. The zero-order valence-electron chi connectivity index (χ0n) is 10.3. The third-order valence-corrected chi connectivity index (χ3v) is 3.82. The van der Waals surface area contributed by atoms with Gasteiger partial charge in [-0.1, -0.05) is 19.8 Å². The molecule has 0 aromatic heterocycles. The van der Waals surface area contributed by atoms with Gasteiger partial charge in [-0.25, -0.2) is 0 Å². The fourth-order valence-corrected chi connectivity index (χ4v) is 2.48. The molecule has 2 aliphatic rings. The Morgan fingerprint density at radius 1 is 1.44 bits per heavy atom. The molecule has 2 rings (SSSR count). The normalized spacial score (nSPS) is 27.4. The molecule has 0 aromatic rings. The first-order chi connectivity index (χ1) is 7.79. The fraction of sp³-hybridized carbons (Fsp3) is 0.923. The number of nitrogens with one attached hydrogen (secondary N) is 2. The van der Waals surface area contributed by atoms with Crippen LogP contribution >= 0.6 is 0 Å². The molecule has 1 heterocycles. The van der Waals surface area contributed by atoms with Crippen LogP contribution in [0.1, 0.15) is 45.4 Å². The molecule has 0 aromatic carbocycles. The van der Waals surface area contributed by atoms with Crippen molar-refractivity contribution >= 4 is 5.91 Å². The molecule has 92 valence electrons. The molecule has 1 unspecified atom stereocenters. The van der Waals surface area contributed by atoms with E-state index in [0.717, 1.165) is 38.3 Å². The van der Waals surface area contributed by atoms with Crippen molar-refractivity contribution in [1.82, 2.24) is 10.6 Å². The average molecular weight is 224 g/mol. The van der Waals surface area contributed by atoms with Gasteiger partial charge < -0.3 is 10.6 Å². The lowest BCUT2D eigenvalue weighted by atomic mass is 9.97. The van der Waals surface area contributed by atoms with Crippen molar-refractivity contribution in [1.29, 1.82) is 0 Å². The Kier molecular flexibility index (Phi) is 4.22. The smallest absolute Gasteiger partial charge is 0.224 e. The summed E-state index contributed by atoms with van der Waals surface area (Å²) in [4.78, 5) is 12.0. The van der Waals surface area contributed by atoms with Gasteiger partial charge in [-0.15, -0.1) is 0 Å². The molecule has 3 nitrogen and oxygen atoms in total. The summed E-state index contributed by atoms with van der Waals surface area (Å²) in [5, 5.41) is 6.53. The molecule has 1 amide bonds. The van der Waals surface area contributed by atoms with Crippen molar-refractivity contribution in [3.63, 3.8) is 0 Å². The highest BCUT2D eigenvalue weighted by atomic mass is 16.2. The topological polar surface area (TPSA) is 41.1 Å². The summed E-state index contributed by atoms with van der Waals surface area (Å²) in [6.07, 6.45) is 7.20. The van der Waals surface area contributed by atoms with Crippen LogP contribution in [0.25, 0.3) is 0 Å². The van der Waals surface area contributed by atoms with E-state index in [4.69, 9.17) is 0 Å². The molecular formula is C13H24N2O. The van der Waals surface area contributed by atoms with Crippen LogP contribution in [-0.4, -0.2) is 25.0 Å². The summed E-state index contributed by atoms with van der Waals surface area (Å²) in [7, 11) is 0. The van der Waals surface area contributed by atoms with Crippen molar-refractivity contribution < 1.29 is 4.79 Å². The summed E-state index contributed by atoms with van der Waals surface area (Å²) in [6, 6.07) is 0.418. The molecule has 1 saturated carbocycles. The van der Waals surface area contributed by atoms with Gasteiger partial charge in [0.15, 0.2) is 0 Å². The van der Waals surface area contributed by atoms with Gasteiger partial charge in [-0.3, -0.25) is 4.79 Å². The summed E-state index contributed by atoms with van der Waals surface area (Å²) >= 11 is 0. The van der Waals surface area contributed by atoms with Gasteiger partial charge in [0.2, 0.25) is 5.91 Å². The predicted octanol–water partition coefficient (Wildman–Crippen LogP) is 1.68. The molecule has 0 bridgehead atoms. The number of rotatable bonds is 5. The highest BCUT2D eigenvalue weighted by molar-refractivity contribution is 5.79. The van der Waals surface area contributed by atoms with E-state index in [0.29, 0.717) is 6.04 Å². The van der Waals surface area contributed by atoms with E-state index in [1.807, 2.05) is 0 Å². The van der Waals surface area contributed by atoms with Gasteiger partial charge in [0.25, 0.3) is 0 Å². The number of hydrogen-bond acceptors (Lipinski definition) is 2. The maximum absolute atomic E-state index is 12.0. The second-order valence-electron chi connectivity index (χ2n) is 5.34. The largest absolute Gasteiger partial charge is 0.353 e. The highest BCUT2D eigenvalue weighted by Crippen LogP contribution is 2.34. The van der Waals surface area contributed by atoms with Crippen molar-refractivity contribution in [2.75, 3.05) is 13.1 Å². The standard InChI is InChI=1S/C13H24N2O/c1-2-12(8-10-5-6-10)15-13(16)11-4-3-7-14-9-11/h10-12,14H,2-9H2,1H3,(H,15,16)/t11-,12?/m0/s1. The van der Waals surface area contributed by atoms with Crippen LogP contribution in [0.5, 0.6) is 0 Å². The van der Waals surface area contributed by atoms with E-state index in [1.54, 1.807) is 0 Å². The first-order valence-electron chi connectivity index (χ1n) is 6.80. The molecule has 1 aliphatic heterocycles. The number of amides is 1. The Balaban J connectivity index is 1.74. The molecule has 3 heteroatoms. The molecule has 0 spiro atoms. The van der Waals surface area contributed by atoms with Gasteiger partial charge in [-0.2, -0.15) is 0 Å². The molecule has 16 heavy (non-hydrogen) atoms. The molecule has 0 radical (unpaired) electrons. The van der Waals surface area contributed by atoms with E-state index in [1.165, 1.54) is 19.3 Å². The Morgan fingerprint density at radius 3 is 2.81 bits per heavy atom. The van der Waals surface area contributed by atoms with Crippen LogP contribution < -0.4 is 10.6 Å². The third-order valence-electron chi connectivity index (χ3n) is 3.82. The van der Waals surface area contributed by atoms with Crippen LogP contribution in [0.3, 0.4) is 0 Å². The van der Waals surface area contributed by atoms with E-state index in [-0.39, 0.29) is 11.8 Å². The minimum absolute atomic E-state index is 0.210. The van der Waals surface area contributed by atoms with Crippen LogP contribution in [0.2, 0.25) is 0 Å². The molecule has 2 N–H and O–H groups in total. The quantitative estimate of drug-likeness (QED) is 0.746. The van der Waals surface area contributed by atoms with Crippen molar-refractivity contribution in [2.45, 2.75) is 51.5 Å². The molecule has 2 fully saturated rings. The Hall–Kier alpha value is -0.570. The third kappa shape index (κ3) is 3.48. The van der Waals surface area contributed by atoms with Crippen molar-refractivity contribution in [3.05, 3.63) is 0 Å². The van der Waals surface area contributed by atoms with Crippen LogP contribution in [0.15, 0.2) is 0 Å². The zero-order valence-corrected chi connectivity index (χ0v) is 10.3. The van der Waals surface area contributed by atoms with Crippen LogP contribution in [-0.2, 0) is 4.79 Å². The molecule has 1 aliphatic carbocycles. The average Bonchev–Trinajstić information content (AvgIpc) is 3.13.